The molecule has 6 aliphatic heterocycles. The van der Waals surface area contributed by atoms with Crippen molar-refractivity contribution in [1.29, 1.82) is 0 Å². The first kappa shape index (κ1) is 77.6. The van der Waals surface area contributed by atoms with Gasteiger partial charge in [-0.3, -0.25) is 9.59 Å². The molecule has 34 nitrogen and oxygen atoms in total. The Labute approximate surface area is 570 Å². The number of fused-ring (bicyclic) bond motifs is 7. The molecule has 0 amide bonds. The molecular formula is C65H104O34. The maximum absolute atomic E-state index is 16.0. The number of rotatable bonds is 17. The van der Waals surface area contributed by atoms with Crippen molar-refractivity contribution < 1.29 is 169 Å². The lowest BCUT2D eigenvalue weighted by molar-refractivity contribution is -0.393. The minimum atomic E-state index is -2.16. The van der Waals surface area contributed by atoms with Crippen LogP contribution in [-0.2, 0) is 66.4 Å². The zero-order valence-electron chi connectivity index (χ0n) is 56.3. The largest absolute Gasteiger partial charge is 0.481 e. The van der Waals surface area contributed by atoms with Crippen molar-refractivity contribution >= 4 is 11.9 Å². The molecule has 0 bridgehead atoms. The Hall–Kier alpha value is -2.52. The Morgan fingerprint density at radius 2 is 0.980 bits per heavy atom. The number of allylic oxidation sites excluding steroid dienone is 1. The fourth-order valence-corrected chi connectivity index (χ4v) is 19.3. The molecule has 4 saturated carbocycles. The molecule has 39 unspecified atom stereocenters. The number of aliphatic hydroxyl groups is 19. The number of hydrogen-bond acceptors (Lipinski definition) is 33. The first-order valence-electron chi connectivity index (χ1n) is 34.4. The zero-order valence-corrected chi connectivity index (χ0v) is 56.3. The highest BCUT2D eigenvalue weighted by atomic mass is 16.8. The summed E-state index contributed by atoms with van der Waals surface area (Å²) < 4.78 is 72.0. The van der Waals surface area contributed by atoms with Gasteiger partial charge in [-0.05, 0) is 113 Å². The topological polar surface area (TPSA) is 550 Å². The van der Waals surface area contributed by atoms with Crippen LogP contribution in [-0.4, -0.2) is 337 Å². The van der Waals surface area contributed by atoms with Crippen LogP contribution in [0, 0.1) is 50.2 Å². The fourth-order valence-electron chi connectivity index (χ4n) is 19.3. The maximum Gasteiger partial charge on any atom is 0.315 e. The Kier molecular flexibility index (Phi) is 22.7. The summed E-state index contributed by atoms with van der Waals surface area (Å²) in [5, 5.41) is 220. The number of esters is 1. The quantitative estimate of drug-likeness (QED) is 0.0366. The highest BCUT2D eigenvalue weighted by Crippen LogP contribution is 2.76. The number of hydrogen-bond donors (Lipinski definition) is 20. The van der Waals surface area contributed by atoms with Gasteiger partial charge in [0.2, 0.25) is 6.29 Å². The number of aliphatic hydroxyl groups excluding tert-OH is 19. The molecule has 568 valence electrons. The monoisotopic (exact) mass is 1430 g/mol. The summed E-state index contributed by atoms with van der Waals surface area (Å²) in [4.78, 5) is 29.9. The van der Waals surface area contributed by atoms with Gasteiger partial charge in [0, 0.05) is 5.41 Å². The molecule has 0 radical (unpaired) electrons. The van der Waals surface area contributed by atoms with E-state index in [-0.39, 0.29) is 32.1 Å². The summed E-state index contributed by atoms with van der Waals surface area (Å²) in [6.45, 7) is 8.84. The Balaban J connectivity index is 0.873. The molecule has 39 atom stereocenters. The van der Waals surface area contributed by atoms with Crippen LogP contribution in [0.1, 0.15) is 106 Å². The summed E-state index contributed by atoms with van der Waals surface area (Å²) in [5.41, 5.74) is -5.78. The standard InChI is InChI=1S/C65H104O34/c1-23-34(72)49(96-55-43(81)39(77)36(74)30(19-67)92-55)50(97-53-45(83)41(79)47(24(2)90-53)94-52-46(84)48(28(71)21-88-52)95-54-42(80)38(76)35(73)29(18-66)91-54)57(89-23)99-59(87)64-13-12-60(3,4)16-26(64)25-8-9-32-61(5)17-27(70)51(98-56-44(82)40(78)37(75)31(20-68)93-56)63(7,58(85)86)33(61)10-11-62(32,6)65(25,22-69)15-14-64/h8,23-24,26-57,66-84H,9-22H2,1-7H3,(H,85,86). The van der Waals surface area contributed by atoms with Crippen LogP contribution in [0.5, 0.6) is 0 Å². The van der Waals surface area contributed by atoms with Crippen molar-refractivity contribution in [3.05, 3.63) is 11.6 Å². The summed E-state index contributed by atoms with van der Waals surface area (Å²) >= 11 is 0. The number of carbonyl (C=O) groups excluding carboxylic acids is 1. The van der Waals surface area contributed by atoms with E-state index in [9.17, 15) is 107 Å². The predicted molar refractivity (Wildman–Crippen MR) is 324 cm³/mol. The summed E-state index contributed by atoms with van der Waals surface area (Å²) in [5.74, 6) is -3.92. The second-order valence-corrected chi connectivity index (χ2v) is 31.2. The third-order valence-electron chi connectivity index (χ3n) is 25.2. The molecule has 0 spiro atoms. The van der Waals surface area contributed by atoms with Gasteiger partial charge in [-0.2, -0.15) is 0 Å². The van der Waals surface area contributed by atoms with Crippen molar-refractivity contribution in [1.82, 2.24) is 0 Å². The SMILES string of the molecule is CC1OC(OC(=O)C23CCC(C)(C)CC2C2=CCC4C5(C)CC(O)C(OC6OC(CO)C(O)C(O)C6O)C(C)(C(=O)O)C5CCC4(C)C2(CO)CC3)C(OC2OC(C)C(OC3OCC(O)C(OC4OC(CO)C(O)C(O)C4O)C3O)C(O)C2O)C(OC2OC(CO)C(O)C(O)C2O)C1O. The summed E-state index contributed by atoms with van der Waals surface area (Å²) in [6, 6.07) is 0. The molecule has 0 aromatic carbocycles. The molecule has 6 saturated heterocycles. The van der Waals surface area contributed by atoms with Crippen LogP contribution in [0.25, 0.3) is 0 Å². The van der Waals surface area contributed by atoms with Crippen LogP contribution >= 0.6 is 0 Å². The van der Waals surface area contributed by atoms with Gasteiger partial charge in [0.05, 0.1) is 62.2 Å². The van der Waals surface area contributed by atoms with Crippen molar-refractivity contribution in [2.75, 3.05) is 33.0 Å². The van der Waals surface area contributed by atoms with E-state index in [2.05, 4.69) is 20.8 Å². The number of ether oxygens (including phenoxy) is 12. The van der Waals surface area contributed by atoms with Gasteiger partial charge in [0.25, 0.3) is 0 Å². The van der Waals surface area contributed by atoms with Crippen molar-refractivity contribution in [2.45, 2.75) is 297 Å². The highest BCUT2D eigenvalue weighted by Gasteiger charge is 2.74. The van der Waals surface area contributed by atoms with Crippen LogP contribution in [0.4, 0.5) is 0 Å². The van der Waals surface area contributed by atoms with Crippen molar-refractivity contribution in [3.8, 4) is 0 Å². The average molecular weight is 1430 g/mol. The molecule has 5 aliphatic carbocycles. The van der Waals surface area contributed by atoms with E-state index in [1.165, 1.54) is 20.8 Å². The van der Waals surface area contributed by atoms with E-state index >= 15 is 4.79 Å². The van der Waals surface area contributed by atoms with E-state index in [0.29, 0.717) is 25.7 Å². The molecule has 11 aliphatic rings. The Bertz CT molecular complexity index is 2840. The zero-order chi connectivity index (χ0) is 72.5. The van der Waals surface area contributed by atoms with Crippen LogP contribution < -0.4 is 0 Å². The number of carbonyl (C=O) groups is 2. The minimum absolute atomic E-state index is 0.0185. The molecule has 99 heavy (non-hydrogen) atoms. The van der Waals surface area contributed by atoms with E-state index in [4.69, 9.17) is 56.8 Å². The third-order valence-corrected chi connectivity index (χ3v) is 25.2. The van der Waals surface area contributed by atoms with Gasteiger partial charge >= 0.3 is 11.9 Å². The van der Waals surface area contributed by atoms with Crippen molar-refractivity contribution in [3.63, 3.8) is 0 Å². The van der Waals surface area contributed by atoms with Crippen LogP contribution in [0.3, 0.4) is 0 Å². The third kappa shape index (κ3) is 13.0. The average Bonchev–Trinajstić information content (AvgIpc) is 0.649. The molecule has 11 rings (SSSR count). The van der Waals surface area contributed by atoms with Crippen LogP contribution in [0.2, 0.25) is 0 Å². The lowest BCUT2D eigenvalue weighted by Gasteiger charge is -2.71. The van der Waals surface area contributed by atoms with E-state index in [0.717, 1.165) is 5.57 Å². The van der Waals surface area contributed by atoms with Crippen LogP contribution in [0.15, 0.2) is 11.6 Å². The van der Waals surface area contributed by atoms with Gasteiger partial charge in [-0.25, -0.2) is 0 Å². The second-order valence-electron chi connectivity index (χ2n) is 31.2. The number of carboxylic acid groups (broad SMARTS) is 1. The number of carboxylic acids is 1. The molecule has 34 heteroatoms. The highest BCUT2D eigenvalue weighted by molar-refractivity contribution is 5.79. The lowest BCUT2D eigenvalue weighted by atomic mass is 9.33. The Morgan fingerprint density at radius 3 is 1.53 bits per heavy atom. The van der Waals surface area contributed by atoms with Gasteiger partial charge in [0.15, 0.2) is 37.6 Å². The smallest absolute Gasteiger partial charge is 0.315 e. The van der Waals surface area contributed by atoms with E-state index < -0.39 is 286 Å². The van der Waals surface area contributed by atoms with Crippen molar-refractivity contribution in [2.24, 2.45) is 50.2 Å². The fraction of sp³-hybridized carbons (Fsp3) is 0.938. The molecule has 0 aromatic heterocycles. The summed E-state index contributed by atoms with van der Waals surface area (Å²) in [7, 11) is 0. The Morgan fingerprint density at radius 1 is 0.485 bits per heavy atom. The lowest BCUT2D eigenvalue weighted by Crippen LogP contribution is -2.71. The summed E-state index contributed by atoms with van der Waals surface area (Å²) in [6.07, 6.45) is -50.7. The van der Waals surface area contributed by atoms with Gasteiger partial charge in [0.1, 0.15) is 128 Å². The normalized spacial score (nSPS) is 54.5. The first-order chi connectivity index (χ1) is 46.4. The molecular weight excluding hydrogens is 1320 g/mol. The molecule has 0 aromatic rings. The van der Waals surface area contributed by atoms with E-state index in [1.807, 2.05) is 13.0 Å². The maximum atomic E-state index is 16.0. The first-order valence-corrected chi connectivity index (χ1v) is 34.4. The van der Waals surface area contributed by atoms with Gasteiger partial charge < -0.3 is 159 Å². The predicted octanol–water partition coefficient (Wildman–Crippen LogP) is -6.68. The molecule has 6 heterocycles. The van der Waals surface area contributed by atoms with Gasteiger partial charge in [-0.1, -0.05) is 39.3 Å². The van der Waals surface area contributed by atoms with Gasteiger partial charge in [-0.15, -0.1) is 0 Å². The molecule has 10 fully saturated rings. The second kappa shape index (κ2) is 29.0. The van der Waals surface area contributed by atoms with E-state index in [1.54, 1.807) is 0 Å². The minimum Gasteiger partial charge on any atom is -0.481 e. The molecule has 20 N–H and O–H groups in total. The number of aliphatic carboxylic acids is 1.